The highest BCUT2D eigenvalue weighted by molar-refractivity contribution is 5.84. The summed E-state index contributed by atoms with van der Waals surface area (Å²) in [6.07, 6.45) is 2.90. The number of likely N-dealkylation sites (tertiary alicyclic amines) is 1. The smallest absolute Gasteiger partial charge is 0.311 e. The number of non-ortho nitro benzene ring substituents is 1. The van der Waals surface area contributed by atoms with E-state index in [2.05, 4.69) is 34.5 Å². The summed E-state index contributed by atoms with van der Waals surface area (Å²) in [5.41, 5.74) is -1.43. The third kappa shape index (κ3) is 5.30. The number of nitrogens with one attached hydrogen (secondary N) is 1. The predicted octanol–water partition coefficient (Wildman–Crippen LogP) is 4.88. The molecule has 3 N–H and O–H groups in total. The number of hydrogen-bond donors (Lipinski definition) is 3. The number of nitrogens with zero attached hydrogens (tertiary/aromatic N) is 2. The molecule has 5 atom stereocenters. The second-order valence-corrected chi connectivity index (χ2v) is 11.5. The maximum absolute atomic E-state index is 13.2. The molecule has 2 aromatic carbocycles. The Balaban J connectivity index is 1.60. The van der Waals surface area contributed by atoms with Crippen molar-refractivity contribution in [3.05, 3.63) is 75.8 Å². The van der Waals surface area contributed by atoms with Gasteiger partial charge in [-0.1, -0.05) is 42.5 Å². The Bertz CT molecular complexity index is 1200. The zero-order valence-corrected chi connectivity index (χ0v) is 22.9. The number of nitro groups is 1. The molecule has 210 valence electrons. The summed E-state index contributed by atoms with van der Waals surface area (Å²) in [6.45, 7) is 7.66. The van der Waals surface area contributed by atoms with Crippen LogP contribution in [0, 0.1) is 20.9 Å². The number of carboxylic acid groups (broad SMARTS) is 2. The minimum absolute atomic E-state index is 0.181. The number of benzene rings is 2. The lowest BCUT2D eigenvalue weighted by atomic mass is 9.51. The first-order chi connectivity index (χ1) is 18.5. The highest BCUT2D eigenvalue weighted by Crippen LogP contribution is 2.57. The van der Waals surface area contributed by atoms with Crippen molar-refractivity contribution in [1.29, 1.82) is 0 Å². The molecule has 0 aliphatic carbocycles. The van der Waals surface area contributed by atoms with Gasteiger partial charge >= 0.3 is 11.9 Å². The van der Waals surface area contributed by atoms with Crippen molar-refractivity contribution in [2.24, 2.45) is 10.8 Å². The molecule has 0 aromatic heterocycles. The molecule has 0 spiro atoms. The Morgan fingerprint density at radius 1 is 1.00 bits per heavy atom. The minimum Gasteiger partial charge on any atom is -0.481 e. The summed E-state index contributed by atoms with van der Waals surface area (Å²) in [7, 11) is 0. The molecule has 2 heterocycles. The standard InChI is InChI=1S/C30H39N3O6/c1-20-29(3,27(34)35)26(24-11-7-12-25(19-24)33(38)39)30(28(36)37,21(2)31-20)15-8-16-32-17-13-23(14-18-32)22-9-5-4-6-10-22/h4-7,9-12,19-21,23,26,31H,8,13-18H2,1-3H3,(H,34,35)(H,36,37). The number of aliphatic carboxylic acids is 2. The van der Waals surface area contributed by atoms with Crippen molar-refractivity contribution in [3.63, 3.8) is 0 Å². The Hall–Kier alpha value is -3.30. The van der Waals surface area contributed by atoms with Gasteiger partial charge in [0, 0.05) is 30.1 Å². The maximum atomic E-state index is 13.2. The van der Waals surface area contributed by atoms with Crippen molar-refractivity contribution in [1.82, 2.24) is 10.2 Å². The van der Waals surface area contributed by atoms with E-state index in [0.717, 1.165) is 25.9 Å². The molecule has 2 aliphatic rings. The number of rotatable bonds is 9. The Kier molecular flexibility index (Phi) is 8.42. The highest BCUT2D eigenvalue weighted by Gasteiger charge is 2.64. The first kappa shape index (κ1) is 28.7. The summed E-state index contributed by atoms with van der Waals surface area (Å²) in [5.74, 6) is -2.66. The van der Waals surface area contributed by atoms with Crippen LogP contribution in [0.3, 0.4) is 0 Å². The summed E-state index contributed by atoms with van der Waals surface area (Å²) in [5, 5.41) is 36.1. The van der Waals surface area contributed by atoms with Crippen molar-refractivity contribution < 1.29 is 24.7 Å². The molecule has 2 aliphatic heterocycles. The van der Waals surface area contributed by atoms with Gasteiger partial charge in [0.25, 0.3) is 5.69 Å². The van der Waals surface area contributed by atoms with Crippen LogP contribution < -0.4 is 5.32 Å². The van der Waals surface area contributed by atoms with Crippen LogP contribution in [0.4, 0.5) is 5.69 Å². The molecule has 0 radical (unpaired) electrons. The monoisotopic (exact) mass is 537 g/mol. The zero-order chi connectivity index (χ0) is 28.4. The fourth-order valence-electron chi connectivity index (χ4n) is 7.09. The average Bonchev–Trinajstić information content (AvgIpc) is 2.92. The Labute approximate surface area is 229 Å². The van der Waals surface area contributed by atoms with Crippen LogP contribution in [0.2, 0.25) is 0 Å². The fourth-order valence-corrected chi connectivity index (χ4v) is 7.09. The molecule has 0 bridgehead atoms. The third-order valence-corrected chi connectivity index (χ3v) is 9.48. The molecular formula is C30H39N3O6. The van der Waals surface area contributed by atoms with Crippen molar-refractivity contribution in [2.75, 3.05) is 19.6 Å². The van der Waals surface area contributed by atoms with Crippen LogP contribution in [0.5, 0.6) is 0 Å². The van der Waals surface area contributed by atoms with Crippen molar-refractivity contribution in [3.8, 4) is 0 Å². The maximum Gasteiger partial charge on any atom is 0.311 e. The molecule has 2 fully saturated rings. The zero-order valence-electron chi connectivity index (χ0n) is 22.9. The van der Waals surface area contributed by atoms with Crippen LogP contribution in [0.1, 0.15) is 69.4 Å². The topological polar surface area (TPSA) is 133 Å². The number of hydrogen-bond acceptors (Lipinski definition) is 6. The second kappa shape index (κ2) is 11.4. The van der Waals surface area contributed by atoms with Crippen LogP contribution in [-0.2, 0) is 9.59 Å². The van der Waals surface area contributed by atoms with Gasteiger partial charge in [0.2, 0.25) is 0 Å². The highest BCUT2D eigenvalue weighted by atomic mass is 16.6. The number of carbonyl (C=O) groups is 2. The molecule has 39 heavy (non-hydrogen) atoms. The Morgan fingerprint density at radius 2 is 1.64 bits per heavy atom. The molecule has 2 saturated heterocycles. The summed E-state index contributed by atoms with van der Waals surface area (Å²) >= 11 is 0. The quantitative estimate of drug-likeness (QED) is 0.304. The number of carboxylic acids is 2. The van der Waals surface area contributed by atoms with Gasteiger partial charge in [0.15, 0.2) is 0 Å². The van der Waals surface area contributed by atoms with Crippen molar-refractivity contribution >= 4 is 17.6 Å². The lowest BCUT2D eigenvalue weighted by Gasteiger charge is -2.56. The predicted molar refractivity (Wildman–Crippen MR) is 148 cm³/mol. The van der Waals surface area contributed by atoms with Crippen LogP contribution in [0.15, 0.2) is 54.6 Å². The van der Waals surface area contributed by atoms with Gasteiger partial charge in [-0.15, -0.1) is 0 Å². The van der Waals surface area contributed by atoms with Gasteiger partial charge in [0.05, 0.1) is 15.8 Å². The van der Waals surface area contributed by atoms with E-state index < -0.39 is 45.7 Å². The van der Waals surface area contributed by atoms with E-state index in [1.807, 2.05) is 6.07 Å². The first-order valence-corrected chi connectivity index (χ1v) is 13.8. The molecule has 9 heteroatoms. The normalized spacial score (nSPS) is 30.1. The van der Waals surface area contributed by atoms with Gasteiger partial charge in [0.1, 0.15) is 0 Å². The average molecular weight is 538 g/mol. The van der Waals surface area contributed by atoms with Crippen LogP contribution in [-0.4, -0.2) is 63.7 Å². The van der Waals surface area contributed by atoms with Crippen molar-refractivity contribution in [2.45, 2.75) is 70.4 Å². The van der Waals surface area contributed by atoms with Gasteiger partial charge in [-0.05, 0) is 83.1 Å². The summed E-state index contributed by atoms with van der Waals surface area (Å²) < 4.78 is 0. The van der Waals surface area contributed by atoms with Gasteiger partial charge in [-0.2, -0.15) is 0 Å². The van der Waals surface area contributed by atoms with E-state index in [-0.39, 0.29) is 12.1 Å². The van der Waals surface area contributed by atoms with E-state index in [0.29, 0.717) is 24.4 Å². The second-order valence-electron chi connectivity index (χ2n) is 11.5. The van der Waals surface area contributed by atoms with E-state index in [4.69, 9.17) is 0 Å². The van der Waals surface area contributed by atoms with E-state index in [1.165, 1.54) is 23.8 Å². The molecule has 0 saturated carbocycles. The summed E-state index contributed by atoms with van der Waals surface area (Å²) in [6, 6.07) is 15.2. The van der Waals surface area contributed by atoms with E-state index in [9.17, 15) is 29.9 Å². The molecule has 4 rings (SSSR count). The minimum atomic E-state index is -1.51. The molecular weight excluding hydrogens is 498 g/mol. The molecule has 0 amide bonds. The number of nitro benzene ring substituents is 1. The fraction of sp³-hybridized carbons (Fsp3) is 0.533. The van der Waals surface area contributed by atoms with Crippen LogP contribution >= 0.6 is 0 Å². The summed E-state index contributed by atoms with van der Waals surface area (Å²) in [4.78, 5) is 39.4. The molecule has 5 unspecified atom stereocenters. The lowest BCUT2D eigenvalue weighted by Crippen LogP contribution is -2.68. The number of piperidine rings is 2. The lowest BCUT2D eigenvalue weighted by molar-refractivity contribution is -0.385. The van der Waals surface area contributed by atoms with Gasteiger partial charge < -0.3 is 20.4 Å². The van der Waals surface area contributed by atoms with Gasteiger partial charge in [-0.3, -0.25) is 19.7 Å². The SMILES string of the molecule is CC1NC(C)C(CCCN2CCC(c3ccccc3)CC2)(C(=O)O)C(c2cccc([N+](=O)[O-])c2)C1(C)C(=O)O. The third-order valence-electron chi connectivity index (χ3n) is 9.48. The molecule has 2 aromatic rings. The Morgan fingerprint density at radius 3 is 2.23 bits per heavy atom. The molecule has 9 nitrogen and oxygen atoms in total. The van der Waals surface area contributed by atoms with Gasteiger partial charge in [-0.25, -0.2) is 0 Å². The van der Waals surface area contributed by atoms with E-state index in [1.54, 1.807) is 26.8 Å². The van der Waals surface area contributed by atoms with E-state index >= 15 is 0 Å². The first-order valence-electron chi connectivity index (χ1n) is 13.8. The largest absolute Gasteiger partial charge is 0.481 e. The van der Waals surface area contributed by atoms with Crippen LogP contribution in [0.25, 0.3) is 0 Å².